The van der Waals surface area contributed by atoms with E-state index in [0.717, 1.165) is 61.8 Å². The maximum absolute atomic E-state index is 6.64. The van der Waals surface area contributed by atoms with Crippen LogP contribution in [0.4, 0.5) is 51.2 Å². The summed E-state index contributed by atoms with van der Waals surface area (Å²) >= 11 is 1.93. The van der Waals surface area contributed by atoms with E-state index in [1.807, 2.05) is 17.4 Å². The van der Waals surface area contributed by atoms with Crippen LogP contribution in [-0.2, 0) is 10.8 Å². The van der Waals surface area contributed by atoms with Crippen molar-refractivity contribution in [3.05, 3.63) is 217 Å². The van der Waals surface area contributed by atoms with Crippen molar-refractivity contribution in [3.63, 3.8) is 0 Å². The van der Waals surface area contributed by atoms with Gasteiger partial charge in [0.25, 0.3) is 6.71 Å². The maximum Gasteiger partial charge on any atom is 0.264 e. The Bertz CT molecular complexity index is 3750. The van der Waals surface area contributed by atoms with Gasteiger partial charge in [-0.2, -0.15) is 0 Å². The second-order valence-corrected chi connectivity index (χ2v) is 22.1. The lowest BCUT2D eigenvalue weighted by molar-refractivity contribution is 0.590. The van der Waals surface area contributed by atoms with Crippen LogP contribution in [0.15, 0.2) is 211 Å². The summed E-state index contributed by atoms with van der Waals surface area (Å²) in [5, 5.41) is 3.50. The first-order chi connectivity index (χ1) is 34.0. The van der Waals surface area contributed by atoms with Gasteiger partial charge in [-0.25, -0.2) is 0 Å². The molecular weight excluding hydrogens is 870 g/mol. The van der Waals surface area contributed by atoms with E-state index in [9.17, 15) is 0 Å². The number of anilines is 9. The van der Waals surface area contributed by atoms with Crippen molar-refractivity contribution in [2.24, 2.45) is 0 Å². The monoisotopic (exact) mass is 921 g/mol. The summed E-state index contributed by atoms with van der Waals surface area (Å²) in [7, 11) is 0. The molecule has 0 fully saturated rings. The predicted octanol–water partition coefficient (Wildman–Crippen LogP) is 16.6. The summed E-state index contributed by atoms with van der Waals surface area (Å²) in [5.74, 6) is 0. The molecule has 0 bridgehead atoms. The zero-order chi connectivity index (χ0) is 47.5. The van der Waals surface area contributed by atoms with E-state index < -0.39 is 0 Å². The van der Waals surface area contributed by atoms with Gasteiger partial charge in [0.1, 0.15) is 11.2 Å². The Kier molecular flexibility index (Phi) is 9.60. The Morgan fingerprint density at radius 1 is 0.443 bits per heavy atom. The molecule has 4 nitrogen and oxygen atoms in total. The van der Waals surface area contributed by atoms with E-state index in [2.05, 4.69) is 256 Å². The first-order valence-corrected chi connectivity index (χ1v) is 25.3. The number of benzene rings is 9. The molecule has 6 heteroatoms. The highest BCUT2D eigenvalue weighted by atomic mass is 32.1. The van der Waals surface area contributed by atoms with Crippen molar-refractivity contribution in [1.82, 2.24) is 0 Å². The molecule has 2 aromatic heterocycles. The summed E-state index contributed by atoms with van der Waals surface area (Å²) in [6.07, 6.45) is 0. The second kappa shape index (κ2) is 15.9. The van der Waals surface area contributed by atoms with Gasteiger partial charge in [-0.1, -0.05) is 151 Å². The van der Waals surface area contributed by atoms with Crippen LogP contribution in [0.2, 0.25) is 0 Å². The lowest BCUT2D eigenvalue weighted by atomic mass is 9.36. The molecule has 0 spiro atoms. The first kappa shape index (κ1) is 42.3. The van der Waals surface area contributed by atoms with Crippen molar-refractivity contribution in [2.75, 3.05) is 14.7 Å². The molecule has 0 amide bonds. The van der Waals surface area contributed by atoms with Crippen LogP contribution in [0.1, 0.15) is 52.7 Å². The largest absolute Gasteiger partial charge is 0.456 e. The number of rotatable bonds is 6. The molecule has 9 aromatic carbocycles. The van der Waals surface area contributed by atoms with Crippen molar-refractivity contribution in [2.45, 2.75) is 52.4 Å². The fourth-order valence-corrected chi connectivity index (χ4v) is 12.3. The van der Waals surface area contributed by atoms with Crippen molar-refractivity contribution in [3.8, 4) is 11.1 Å². The third-order valence-corrected chi connectivity index (χ3v) is 15.8. The first-order valence-electron chi connectivity index (χ1n) is 24.4. The molecule has 4 heterocycles. The van der Waals surface area contributed by atoms with Gasteiger partial charge in [-0.15, -0.1) is 11.3 Å². The molecule has 11 aromatic rings. The second-order valence-electron chi connectivity index (χ2n) is 21.0. The molecule has 0 aliphatic carbocycles. The Labute approximate surface area is 414 Å². The van der Waals surface area contributed by atoms with E-state index in [1.54, 1.807) is 0 Å². The van der Waals surface area contributed by atoms with E-state index in [4.69, 9.17) is 4.42 Å². The number of nitrogens with zero attached hydrogens (tertiary/aromatic N) is 3. The van der Waals surface area contributed by atoms with Gasteiger partial charge in [0.05, 0.1) is 5.69 Å². The van der Waals surface area contributed by atoms with Crippen LogP contribution in [0.5, 0.6) is 0 Å². The van der Waals surface area contributed by atoms with Gasteiger partial charge in [0.2, 0.25) is 0 Å². The maximum atomic E-state index is 6.64. The normalized spacial score (nSPS) is 13.2. The molecule has 0 atom stereocenters. The van der Waals surface area contributed by atoms with Crippen LogP contribution in [0, 0.1) is 0 Å². The van der Waals surface area contributed by atoms with Crippen LogP contribution < -0.4 is 30.4 Å². The molecule has 0 saturated carbocycles. The molecule has 13 rings (SSSR count). The van der Waals surface area contributed by atoms with Crippen molar-refractivity contribution < 1.29 is 4.42 Å². The van der Waals surface area contributed by atoms with Crippen LogP contribution >= 0.6 is 11.3 Å². The van der Waals surface area contributed by atoms with Crippen molar-refractivity contribution >= 4 is 117 Å². The molecule has 0 saturated heterocycles. The topological polar surface area (TPSA) is 22.9 Å². The molecule has 0 radical (unpaired) electrons. The minimum absolute atomic E-state index is 0.0282. The number of hydrogen-bond donors (Lipinski definition) is 0. The SMILES string of the molecule is CC(C)(C)c1ccc(N(c2ccc(C(C)(C)C)cc2)c2ccc3c(c2)N(c2ccc4c(c2)oc2ccccc24)c2cccc4c2B3c2sc3ccc(-c5ccccc5)cc3c2N4c2ccccc2)cc1. The fourth-order valence-electron chi connectivity index (χ4n) is 11.0. The fraction of sp³-hybridized carbons (Fsp3) is 0.125. The van der Waals surface area contributed by atoms with E-state index >= 15 is 0 Å². The van der Waals surface area contributed by atoms with Crippen LogP contribution in [0.25, 0.3) is 43.2 Å². The Morgan fingerprint density at radius 3 is 1.74 bits per heavy atom. The Hall–Kier alpha value is -7.80. The van der Waals surface area contributed by atoms with Crippen LogP contribution in [-0.4, -0.2) is 6.71 Å². The number of furan rings is 1. The van der Waals surface area contributed by atoms with Gasteiger partial charge in [0, 0.05) is 77.2 Å². The highest BCUT2D eigenvalue weighted by molar-refractivity contribution is 7.33. The van der Waals surface area contributed by atoms with Crippen molar-refractivity contribution in [1.29, 1.82) is 0 Å². The Morgan fingerprint density at radius 2 is 1.06 bits per heavy atom. The molecule has 0 unspecified atom stereocenters. The van der Waals surface area contributed by atoms with Gasteiger partial charge in [0.15, 0.2) is 0 Å². The van der Waals surface area contributed by atoms with Gasteiger partial charge in [-0.3, -0.25) is 0 Å². The lowest BCUT2D eigenvalue weighted by Gasteiger charge is -2.43. The van der Waals surface area contributed by atoms with E-state index in [0.29, 0.717) is 0 Å². The number of para-hydroxylation sites is 2. The summed E-state index contributed by atoms with van der Waals surface area (Å²) in [5.41, 5.74) is 19.7. The van der Waals surface area contributed by atoms with Gasteiger partial charge >= 0.3 is 0 Å². The third kappa shape index (κ3) is 6.80. The average Bonchev–Trinajstić information content (AvgIpc) is 3.95. The number of thiophene rings is 1. The minimum Gasteiger partial charge on any atom is -0.456 e. The minimum atomic E-state index is -0.0282. The highest BCUT2D eigenvalue weighted by Crippen LogP contribution is 2.50. The molecule has 338 valence electrons. The zero-order valence-electron chi connectivity index (χ0n) is 40.4. The third-order valence-electron chi connectivity index (χ3n) is 14.6. The van der Waals surface area contributed by atoms with E-state index in [1.165, 1.54) is 59.4 Å². The quantitative estimate of drug-likeness (QED) is 0.155. The average molecular weight is 922 g/mol. The smallest absolute Gasteiger partial charge is 0.264 e. The number of hydrogen-bond acceptors (Lipinski definition) is 5. The summed E-state index contributed by atoms with van der Waals surface area (Å²) in [6.45, 7) is 13.7. The summed E-state index contributed by atoms with van der Waals surface area (Å²) in [6, 6.07) is 76.3. The lowest BCUT2D eigenvalue weighted by Crippen LogP contribution is -2.60. The molecule has 2 aliphatic rings. The predicted molar refractivity (Wildman–Crippen MR) is 301 cm³/mol. The molecule has 0 N–H and O–H groups in total. The standard InChI is InChI=1S/C64H52BN3OS/c1-63(2,3)43-25-29-46(30-26-43)66(47-31-27-44(28-32-47)64(4,5)6)48-34-36-53-56(39-48)67(49-33-35-51-50-20-13-14-23-57(50)69-58(51)40-49)54-21-15-22-55-60(54)65(53)62-61(68(55)45-18-11-8-12-19-45)52-38-42(24-37-59(52)70-62)41-16-9-7-10-17-41/h7-40H,1-6H3. The summed E-state index contributed by atoms with van der Waals surface area (Å²) in [4.78, 5) is 7.46. The van der Waals surface area contributed by atoms with Gasteiger partial charge in [-0.05, 0) is 135 Å². The zero-order valence-corrected chi connectivity index (χ0v) is 41.2. The Balaban J connectivity index is 1.08. The molecular formula is C64H52BN3OS. The molecule has 70 heavy (non-hydrogen) atoms. The van der Waals surface area contributed by atoms with Gasteiger partial charge < -0.3 is 19.1 Å². The molecule has 2 aliphatic heterocycles. The number of fused-ring (bicyclic) bond motifs is 9. The highest BCUT2D eigenvalue weighted by Gasteiger charge is 2.45. The van der Waals surface area contributed by atoms with Crippen LogP contribution in [0.3, 0.4) is 0 Å². The summed E-state index contributed by atoms with van der Waals surface area (Å²) < 4.78 is 9.26. The van der Waals surface area contributed by atoms with E-state index in [-0.39, 0.29) is 17.5 Å².